The third-order valence-electron chi connectivity index (χ3n) is 7.58. The van der Waals surface area contributed by atoms with Crippen LogP contribution in [0.2, 0.25) is 0 Å². The normalized spacial score (nSPS) is 30.5. The van der Waals surface area contributed by atoms with Gasteiger partial charge < -0.3 is 0 Å². The molecule has 0 spiro atoms. The molecular formula is C23H27N5O. The number of benzene rings is 1. The second-order valence-corrected chi connectivity index (χ2v) is 9.48. The smallest absolute Gasteiger partial charge is 0.284 e. The lowest BCUT2D eigenvalue weighted by molar-refractivity contribution is -0.0671. The fourth-order valence-electron chi connectivity index (χ4n) is 6.69. The summed E-state index contributed by atoms with van der Waals surface area (Å²) in [6.07, 6.45) is 10.6. The lowest BCUT2D eigenvalue weighted by atomic mass is 9.54. The van der Waals surface area contributed by atoms with E-state index >= 15 is 0 Å². The number of nitrogens with zero attached hydrogens (tertiary/aromatic N) is 5. The first-order valence-corrected chi connectivity index (χ1v) is 10.9. The molecule has 4 saturated carbocycles. The average Bonchev–Trinajstić information content (AvgIpc) is 3.15. The van der Waals surface area contributed by atoms with Crippen molar-refractivity contribution in [1.82, 2.24) is 24.5 Å². The zero-order valence-corrected chi connectivity index (χ0v) is 16.8. The van der Waals surface area contributed by atoms with Gasteiger partial charge in [0, 0.05) is 17.6 Å². The maximum Gasteiger partial charge on any atom is 0.296 e. The topological polar surface area (TPSA) is 56.0 Å². The van der Waals surface area contributed by atoms with E-state index in [1.165, 1.54) is 32.1 Å². The third kappa shape index (κ3) is 2.84. The van der Waals surface area contributed by atoms with E-state index in [9.17, 15) is 4.79 Å². The van der Waals surface area contributed by atoms with Crippen LogP contribution in [0.5, 0.6) is 0 Å². The summed E-state index contributed by atoms with van der Waals surface area (Å²) in [4.78, 5) is 15.5. The molecular weight excluding hydrogens is 362 g/mol. The zero-order chi connectivity index (χ0) is 19.5. The molecule has 2 heterocycles. The van der Waals surface area contributed by atoms with Crippen LogP contribution in [0.15, 0.2) is 47.5 Å². The maximum atomic E-state index is 13.1. The lowest BCUT2D eigenvalue weighted by Crippen LogP contribution is -2.55. The fraction of sp³-hybridized carbons (Fsp3) is 0.522. The molecule has 4 aliphatic carbocycles. The monoisotopic (exact) mass is 389 g/mol. The Bertz CT molecular complexity index is 1070. The van der Waals surface area contributed by atoms with Gasteiger partial charge in [-0.15, -0.1) is 0 Å². The fourth-order valence-corrected chi connectivity index (χ4v) is 6.69. The molecule has 4 aliphatic rings. The highest BCUT2D eigenvalue weighted by atomic mass is 16.1. The highest BCUT2D eigenvalue weighted by Crippen LogP contribution is 2.54. The summed E-state index contributed by atoms with van der Waals surface area (Å²) in [5, 5.41) is 9.82. The van der Waals surface area contributed by atoms with Gasteiger partial charge in [0.2, 0.25) is 0 Å². The quantitative estimate of drug-likeness (QED) is 0.687. The Labute approximate surface area is 170 Å². The van der Waals surface area contributed by atoms with Gasteiger partial charge in [-0.2, -0.15) is 10.2 Å². The summed E-state index contributed by atoms with van der Waals surface area (Å²) in [6.45, 7) is 0.542. The second kappa shape index (κ2) is 6.52. The van der Waals surface area contributed by atoms with Crippen LogP contribution >= 0.6 is 0 Å². The van der Waals surface area contributed by atoms with Crippen molar-refractivity contribution in [2.24, 2.45) is 23.7 Å². The minimum Gasteiger partial charge on any atom is -0.284 e. The Kier molecular flexibility index (Phi) is 3.91. The van der Waals surface area contributed by atoms with Crippen LogP contribution < -0.4 is 5.56 Å². The molecule has 0 aliphatic heterocycles. The van der Waals surface area contributed by atoms with Crippen LogP contribution in [0.3, 0.4) is 0 Å². The van der Waals surface area contributed by atoms with Crippen LogP contribution in [0.1, 0.15) is 32.1 Å². The van der Waals surface area contributed by atoms with Crippen molar-refractivity contribution < 1.29 is 0 Å². The molecule has 29 heavy (non-hydrogen) atoms. The molecule has 4 bridgehead atoms. The molecule has 0 N–H and O–H groups in total. The van der Waals surface area contributed by atoms with Crippen LogP contribution in [-0.4, -0.2) is 37.6 Å². The number of hydrogen-bond acceptors (Lipinski definition) is 4. The van der Waals surface area contributed by atoms with E-state index in [2.05, 4.69) is 22.1 Å². The number of fused-ring (bicyclic) bond motifs is 1. The van der Waals surface area contributed by atoms with E-state index in [1.807, 2.05) is 36.5 Å². The summed E-state index contributed by atoms with van der Waals surface area (Å²) in [6, 6.07) is 10.5. The van der Waals surface area contributed by atoms with Gasteiger partial charge in [0.1, 0.15) is 0 Å². The molecule has 0 unspecified atom stereocenters. The molecule has 1 aromatic carbocycles. The first-order valence-electron chi connectivity index (χ1n) is 10.9. The van der Waals surface area contributed by atoms with Gasteiger partial charge in [-0.1, -0.05) is 18.2 Å². The average molecular weight is 390 g/mol. The predicted octanol–water partition coefficient (Wildman–Crippen LogP) is 3.30. The van der Waals surface area contributed by atoms with Gasteiger partial charge in [0.15, 0.2) is 5.52 Å². The van der Waals surface area contributed by atoms with Crippen LogP contribution in [0.4, 0.5) is 0 Å². The molecule has 3 aromatic rings. The maximum absolute atomic E-state index is 13.1. The Balaban J connectivity index is 1.28. The van der Waals surface area contributed by atoms with E-state index < -0.39 is 0 Å². The van der Waals surface area contributed by atoms with Gasteiger partial charge in [0.25, 0.3) is 5.56 Å². The minimum atomic E-state index is -0.104. The van der Waals surface area contributed by atoms with Crippen LogP contribution in [-0.2, 0) is 6.67 Å². The predicted molar refractivity (Wildman–Crippen MR) is 112 cm³/mol. The Morgan fingerprint density at radius 3 is 2.41 bits per heavy atom. The highest BCUT2D eigenvalue weighted by Gasteiger charge is 2.49. The van der Waals surface area contributed by atoms with E-state index in [0.29, 0.717) is 18.2 Å². The van der Waals surface area contributed by atoms with Crippen molar-refractivity contribution in [3.8, 4) is 5.69 Å². The first-order chi connectivity index (χ1) is 14.2. The molecule has 0 radical (unpaired) electrons. The van der Waals surface area contributed by atoms with Crippen molar-refractivity contribution in [3.05, 3.63) is 53.1 Å². The van der Waals surface area contributed by atoms with Gasteiger partial charge in [0.05, 0.1) is 18.6 Å². The summed E-state index contributed by atoms with van der Waals surface area (Å²) < 4.78 is 3.36. The SMILES string of the molecule is CN(Cn1ncc2cn(-c3ccccc3)nc2c1=O)C1C2CC3CC(C2)CC1C3. The van der Waals surface area contributed by atoms with E-state index in [0.717, 1.165) is 34.7 Å². The highest BCUT2D eigenvalue weighted by molar-refractivity contribution is 5.76. The standard InChI is InChI=1S/C23H27N5O/c1-26(22-17-8-15-7-16(10-17)11-18(22)9-15)14-28-23(29)21-19(12-24-28)13-27(25-21)20-5-3-2-4-6-20/h2-6,12-13,15-18,22H,7-11,14H2,1H3. The van der Waals surface area contributed by atoms with Gasteiger partial charge >= 0.3 is 0 Å². The molecule has 6 nitrogen and oxygen atoms in total. The number of para-hydroxylation sites is 1. The van der Waals surface area contributed by atoms with Crippen molar-refractivity contribution in [2.45, 2.75) is 44.8 Å². The van der Waals surface area contributed by atoms with Crippen molar-refractivity contribution in [2.75, 3.05) is 7.05 Å². The molecule has 0 saturated heterocycles. The van der Waals surface area contributed by atoms with E-state index in [4.69, 9.17) is 0 Å². The molecule has 7 rings (SSSR count). The summed E-state index contributed by atoms with van der Waals surface area (Å²) in [5.74, 6) is 3.52. The van der Waals surface area contributed by atoms with Gasteiger partial charge in [-0.25, -0.2) is 9.36 Å². The third-order valence-corrected chi connectivity index (χ3v) is 7.58. The van der Waals surface area contributed by atoms with Gasteiger partial charge in [-0.05, 0) is 75.0 Å². The number of aromatic nitrogens is 4. The molecule has 4 fully saturated rings. The Morgan fingerprint density at radius 2 is 1.72 bits per heavy atom. The van der Waals surface area contributed by atoms with Gasteiger partial charge in [-0.3, -0.25) is 9.69 Å². The number of hydrogen-bond donors (Lipinski definition) is 0. The van der Waals surface area contributed by atoms with Crippen molar-refractivity contribution in [3.63, 3.8) is 0 Å². The van der Waals surface area contributed by atoms with Crippen LogP contribution in [0.25, 0.3) is 16.6 Å². The van der Waals surface area contributed by atoms with Crippen LogP contribution in [0, 0.1) is 23.7 Å². The largest absolute Gasteiger partial charge is 0.296 e. The zero-order valence-electron chi connectivity index (χ0n) is 16.8. The molecule has 150 valence electrons. The lowest BCUT2D eigenvalue weighted by Gasteiger charge is -2.56. The van der Waals surface area contributed by atoms with E-state index in [1.54, 1.807) is 15.6 Å². The molecule has 0 amide bonds. The summed E-state index contributed by atoms with van der Waals surface area (Å²) in [7, 11) is 2.17. The Hall–Kier alpha value is -2.47. The molecule has 0 atom stereocenters. The van der Waals surface area contributed by atoms with E-state index in [-0.39, 0.29) is 5.56 Å². The second-order valence-electron chi connectivity index (χ2n) is 9.48. The van der Waals surface area contributed by atoms with Crippen molar-refractivity contribution in [1.29, 1.82) is 0 Å². The Morgan fingerprint density at radius 1 is 1.03 bits per heavy atom. The van der Waals surface area contributed by atoms with Crippen molar-refractivity contribution >= 4 is 10.9 Å². The minimum absolute atomic E-state index is 0.104. The summed E-state index contributed by atoms with van der Waals surface area (Å²) >= 11 is 0. The molecule has 2 aromatic heterocycles. The molecule has 6 heteroatoms. The number of rotatable bonds is 4. The summed E-state index contributed by atoms with van der Waals surface area (Å²) in [5.41, 5.74) is 1.33. The first kappa shape index (κ1) is 17.4.